The van der Waals surface area contributed by atoms with Crippen molar-refractivity contribution in [2.75, 3.05) is 13.2 Å². The van der Waals surface area contributed by atoms with E-state index in [1.807, 2.05) is 24.3 Å². The van der Waals surface area contributed by atoms with Gasteiger partial charge in [0, 0.05) is 5.02 Å². The van der Waals surface area contributed by atoms with Crippen molar-refractivity contribution in [2.45, 2.75) is 32.2 Å². The molecule has 0 bridgehead atoms. The maximum Gasteiger partial charge on any atom is 0.325 e. The molecule has 1 aliphatic heterocycles. The molecule has 0 aromatic heterocycles. The maximum atomic E-state index is 13.0. The normalized spacial score (nSPS) is 19.3. The van der Waals surface area contributed by atoms with E-state index >= 15 is 0 Å². The summed E-state index contributed by atoms with van der Waals surface area (Å²) in [4.78, 5) is 26.5. The van der Waals surface area contributed by atoms with Gasteiger partial charge in [-0.3, -0.25) is 9.69 Å². The first-order valence-electron chi connectivity index (χ1n) is 9.05. The zero-order chi connectivity index (χ0) is 20.5. The molecule has 7 heteroatoms. The van der Waals surface area contributed by atoms with Crippen molar-refractivity contribution in [2.24, 2.45) is 0 Å². The highest BCUT2D eigenvalue weighted by atomic mass is 35.5. The number of hydrogen-bond donors (Lipinski definition) is 1. The number of halogens is 2. The molecule has 0 unspecified atom stereocenters. The standard InChI is InChI=1S/C21H22Cl2N2O3/c1-13(2)14-4-6-15(7-5-14)21(3)19(26)25(20(27)24-21)10-11-28-18-9-8-16(22)12-17(18)23/h4-9,12-13H,10-11H2,1-3H3,(H,24,27)/t21-/m1/s1. The molecule has 1 aliphatic rings. The van der Waals surface area contributed by atoms with E-state index in [2.05, 4.69) is 19.2 Å². The largest absolute Gasteiger partial charge is 0.490 e. The molecule has 28 heavy (non-hydrogen) atoms. The van der Waals surface area contributed by atoms with Crippen LogP contribution >= 0.6 is 23.2 Å². The molecule has 1 N–H and O–H groups in total. The Morgan fingerprint density at radius 3 is 2.39 bits per heavy atom. The van der Waals surface area contributed by atoms with Crippen molar-refractivity contribution < 1.29 is 14.3 Å². The zero-order valence-electron chi connectivity index (χ0n) is 16.0. The Kier molecular flexibility index (Phi) is 5.87. The Bertz CT molecular complexity index is 899. The van der Waals surface area contributed by atoms with Crippen LogP contribution in [-0.4, -0.2) is 30.0 Å². The molecule has 1 heterocycles. The maximum absolute atomic E-state index is 13.0. The lowest BCUT2D eigenvalue weighted by Crippen LogP contribution is -2.41. The molecule has 0 saturated carbocycles. The lowest BCUT2D eigenvalue weighted by Gasteiger charge is -2.23. The minimum Gasteiger partial charge on any atom is -0.490 e. The highest BCUT2D eigenvalue weighted by Crippen LogP contribution is 2.30. The number of hydrogen-bond acceptors (Lipinski definition) is 3. The summed E-state index contributed by atoms with van der Waals surface area (Å²) in [6.45, 7) is 6.17. The van der Waals surface area contributed by atoms with E-state index < -0.39 is 11.6 Å². The van der Waals surface area contributed by atoms with Crippen LogP contribution in [-0.2, 0) is 10.3 Å². The van der Waals surface area contributed by atoms with Crippen LogP contribution in [0.2, 0.25) is 10.0 Å². The number of imide groups is 1. The Labute approximate surface area is 174 Å². The highest BCUT2D eigenvalue weighted by molar-refractivity contribution is 6.35. The number of carbonyl (C=O) groups is 2. The van der Waals surface area contributed by atoms with Gasteiger partial charge < -0.3 is 10.1 Å². The van der Waals surface area contributed by atoms with Crippen LogP contribution in [0, 0.1) is 0 Å². The molecule has 2 aromatic carbocycles. The fraction of sp³-hybridized carbons (Fsp3) is 0.333. The summed E-state index contributed by atoms with van der Waals surface area (Å²) in [5.41, 5.74) is 0.832. The lowest BCUT2D eigenvalue weighted by molar-refractivity contribution is -0.131. The number of amides is 3. The van der Waals surface area contributed by atoms with Gasteiger partial charge in [0.1, 0.15) is 17.9 Å². The van der Waals surface area contributed by atoms with E-state index in [4.69, 9.17) is 27.9 Å². The number of rotatable bonds is 6. The molecule has 0 spiro atoms. The smallest absolute Gasteiger partial charge is 0.325 e. The summed E-state index contributed by atoms with van der Waals surface area (Å²) in [6, 6.07) is 12.2. The van der Waals surface area contributed by atoms with Crippen LogP contribution in [0.1, 0.15) is 37.8 Å². The van der Waals surface area contributed by atoms with Gasteiger partial charge in [0.25, 0.3) is 5.91 Å². The van der Waals surface area contributed by atoms with Crippen molar-refractivity contribution in [3.63, 3.8) is 0 Å². The third kappa shape index (κ3) is 3.96. The summed E-state index contributed by atoms with van der Waals surface area (Å²) < 4.78 is 5.60. The van der Waals surface area contributed by atoms with Gasteiger partial charge in [-0.1, -0.05) is 61.3 Å². The third-order valence-corrected chi connectivity index (χ3v) is 5.43. The number of ether oxygens (including phenoxy) is 1. The van der Waals surface area contributed by atoms with Gasteiger partial charge >= 0.3 is 6.03 Å². The second kappa shape index (κ2) is 8.02. The summed E-state index contributed by atoms with van der Waals surface area (Å²) >= 11 is 11.9. The van der Waals surface area contributed by atoms with Gasteiger partial charge in [0.2, 0.25) is 0 Å². The molecular weight excluding hydrogens is 399 g/mol. The molecule has 5 nitrogen and oxygen atoms in total. The highest BCUT2D eigenvalue weighted by Gasteiger charge is 2.48. The van der Waals surface area contributed by atoms with Gasteiger partial charge in [-0.25, -0.2) is 4.79 Å². The van der Waals surface area contributed by atoms with Gasteiger partial charge in [0.05, 0.1) is 11.6 Å². The molecule has 1 atom stereocenters. The molecular formula is C21H22Cl2N2O3. The number of carbonyl (C=O) groups excluding carboxylic acids is 2. The zero-order valence-corrected chi connectivity index (χ0v) is 17.5. The minimum atomic E-state index is -1.09. The van der Waals surface area contributed by atoms with Crippen molar-refractivity contribution in [3.8, 4) is 5.75 Å². The van der Waals surface area contributed by atoms with Gasteiger partial charge in [-0.05, 0) is 42.2 Å². The number of urea groups is 1. The van der Waals surface area contributed by atoms with Gasteiger partial charge in [0.15, 0.2) is 0 Å². The average molecular weight is 421 g/mol. The van der Waals surface area contributed by atoms with Crippen LogP contribution in [0.4, 0.5) is 4.79 Å². The first kappa shape index (κ1) is 20.5. The minimum absolute atomic E-state index is 0.114. The Hall–Kier alpha value is -2.24. The van der Waals surface area contributed by atoms with Crippen molar-refractivity contribution >= 4 is 35.1 Å². The first-order valence-corrected chi connectivity index (χ1v) is 9.80. The van der Waals surface area contributed by atoms with E-state index in [1.54, 1.807) is 25.1 Å². The van der Waals surface area contributed by atoms with Crippen molar-refractivity contribution in [3.05, 3.63) is 63.6 Å². The summed E-state index contributed by atoms with van der Waals surface area (Å²) in [5, 5.41) is 3.68. The first-order chi connectivity index (χ1) is 13.2. The van der Waals surface area contributed by atoms with Crippen molar-refractivity contribution in [1.29, 1.82) is 0 Å². The fourth-order valence-corrected chi connectivity index (χ4v) is 3.60. The summed E-state index contributed by atoms with van der Waals surface area (Å²) in [5.74, 6) is 0.537. The molecule has 1 fully saturated rings. The molecule has 0 radical (unpaired) electrons. The van der Waals surface area contributed by atoms with Crippen LogP contribution in [0.3, 0.4) is 0 Å². The lowest BCUT2D eigenvalue weighted by atomic mass is 9.90. The molecule has 2 aromatic rings. The van der Waals surface area contributed by atoms with E-state index in [9.17, 15) is 9.59 Å². The molecule has 1 saturated heterocycles. The van der Waals surface area contributed by atoms with Crippen LogP contribution < -0.4 is 10.1 Å². The topological polar surface area (TPSA) is 58.6 Å². The molecule has 3 rings (SSSR count). The second-order valence-electron chi connectivity index (χ2n) is 7.21. The Balaban J connectivity index is 1.68. The predicted molar refractivity (Wildman–Crippen MR) is 110 cm³/mol. The summed E-state index contributed by atoms with van der Waals surface area (Å²) in [6.07, 6.45) is 0. The molecule has 3 amide bonds. The molecule has 148 valence electrons. The van der Waals surface area contributed by atoms with E-state index in [1.165, 1.54) is 10.5 Å². The predicted octanol–water partition coefficient (Wildman–Crippen LogP) is 4.96. The molecule has 0 aliphatic carbocycles. The monoisotopic (exact) mass is 420 g/mol. The van der Waals surface area contributed by atoms with Crippen LogP contribution in [0.25, 0.3) is 0 Å². The van der Waals surface area contributed by atoms with E-state index in [0.717, 1.165) is 5.56 Å². The summed E-state index contributed by atoms with van der Waals surface area (Å²) in [7, 11) is 0. The van der Waals surface area contributed by atoms with Crippen molar-refractivity contribution in [1.82, 2.24) is 10.2 Å². The number of nitrogens with zero attached hydrogens (tertiary/aromatic N) is 1. The SMILES string of the molecule is CC(C)c1ccc([C@@]2(C)NC(=O)N(CCOc3ccc(Cl)cc3Cl)C2=O)cc1. The van der Waals surface area contributed by atoms with Crippen LogP contribution in [0.5, 0.6) is 5.75 Å². The quantitative estimate of drug-likeness (QED) is 0.671. The fourth-order valence-electron chi connectivity index (χ4n) is 3.14. The second-order valence-corrected chi connectivity index (χ2v) is 8.06. The van der Waals surface area contributed by atoms with Gasteiger partial charge in [-0.15, -0.1) is 0 Å². The van der Waals surface area contributed by atoms with E-state index in [-0.39, 0.29) is 19.1 Å². The number of nitrogens with one attached hydrogen (secondary N) is 1. The van der Waals surface area contributed by atoms with Gasteiger partial charge in [-0.2, -0.15) is 0 Å². The Morgan fingerprint density at radius 1 is 1.11 bits per heavy atom. The Morgan fingerprint density at radius 2 is 1.79 bits per heavy atom. The average Bonchev–Trinajstić information content (AvgIpc) is 2.87. The number of benzene rings is 2. The van der Waals surface area contributed by atoms with Crippen LogP contribution in [0.15, 0.2) is 42.5 Å². The van der Waals surface area contributed by atoms with E-state index in [0.29, 0.717) is 21.7 Å². The third-order valence-electron chi connectivity index (χ3n) is 4.90.